The van der Waals surface area contributed by atoms with Crippen LogP contribution in [0.15, 0.2) is 18.2 Å². The van der Waals surface area contributed by atoms with E-state index in [1.54, 1.807) is 4.90 Å². The van der Waals surface area contributed by atoms with E-state index in [4.69, 9.17) is 4.74 Å². The highest BCUT2D eigenvalue weighted by Crippen LogP contribution is 2.23. The highest BCUT2D eigenvalue weighted by Gasteiger charge is 2.32. The van der Waals surface area contributed by atoms with Crippen LogP contribution in [0.5, 0.6) is 0 Å². The van der Waals surface area contributed by atoms with Crippen LogP contribution in [0.3, 0.4) is 0 Å². The van der Waals surface area contributed by atoms with E-state index in [1.165, 1.54) is 0 Å². The van der Waals surface area contributed by atoms with Gasteiger partial charge in [-0.3, -0.25) is 9.88 Å². The van der Waals surface area contributed by atoms with Gasteiger partial charge in [0.25, 0.3) is 0 Å². The van der Waals surface area contributed by atoms with Gasteiger partial charge in [0.05, 0.1) is 11.7 Å². The van der Waals surface area contributed by atoms with Crippen LogP contribution in [0.2, 0.25) is 0 Å². The number of hydrogen-bond acceptors (Lipinski definition) is 4. The fourth-order valence-electron chi connectivity index (χ4n) is 2.26. The van der Waals surface area contributed by atoms with Gasteiger partial charge in [0.15, 0.2) is 0 Å². The molecule has 5 nitrogen and oxygen atoms in total. The van der Waals surface area contributed by atoms with Gasteiger partial charge >= 0.3 is 6.09 Å². The highest BCUT2D eigenvalue weighted by molar-refractivity contribution is 5.69. The Morgan fingerprint density at radius 3 is 2.85 bits per heavy atom. The molecule has 2 heterocycles. The number of rotatable bonds is 1. The first-order chi connectivity index (χ1) is 9.37. The second kappa shape index (κ2) is 5.79. The van der Waals surface area contributed by atoms with Crippen LogP contribution in [0.4, 0.5) is 4.79 Å². The van der Waals surface area contributed by atoms with E-state index in [0.717, 1.165) is 17.9 Å². The van der Waals surface area contributed by atoms with Gasteiger partial charge < -0.3 is 10.1 Å². The molecule has 1 saturated heterocycles. The molecule has 1 atom stereocenters. The number of hydrogen-bond donors (Lipinski definition) is 1. The van der Waals surface area contributed by atoms with Crippen molar-refractivity contribution < 1.29 is 9.53 Å². The Morgan fingerprint density at radius 1 is 1.45 bits per heavy atom. The van der Waals surface area contributed by atoms with Gasteiger partial charge in [0.2, 0.25) is 0 Å². The summed E-state index contributed by atoms with van der Waals surface area (Å²) < 4.78 is 5.49. The Kier molecular flexibility index (Phi) is 4.28. The number of carbonyl (C=O) groups excluding carboxylic acids is 1. The van der Waals surface area contributed by atoms with Crippen molar-refractivity contribution in [2.24, 2.45) is 0 Å². The first-order valence-corrected chi connectivity index (χ1v) is 7.01. The molecule has 1 aliphatic rings. The molecular formula is C15H23N3O2. The van der Waals surface area contributed by atoms with E-state index >= 15 is 0 Å². The molecule has 0 radical (unpaired) electrons. The van der Waals surface area contributed by atoms with Gasteiger partial charge in [-0.25, -0.2) is 4.79 Å². The summed E-state index contributed by atoms with van der Waals surface area (Å²) in [5.74, 6) is 0. The monoisotopic (exact) mass is 277 g/mol. The minimum Gasteiger partial charge on any atom is -0.444 e. The molecule has 1 N–H and O–H groups in total. The van der Waals surface area contributed by atoms with Gasteiger partial charge in [0, 0.05) is 25.3 Å². The number of nitrogens with zero attached hydrogens (tertiary/aromatic N) is 2. The van der Waals surface area contributed by atoms with Gasteiger partial charge in [0.1, 0.15) is 5.60 Å². The highest BCUT2D eigenvalue weighted by atomic mass is 16.6. The lowest BCUT2D eigenvalue weighted by Gasteiger charge is -2.36. The van der Waals surface area contributed by atoms with Gasteiger partial charge in [-0.05, 0) is 39.8 Å². The third-order valence-corrected chi connectivity index (χ3v) is 3.12. The Balaban J connectivity index is 2.19. The number of amides is 1. The maximum absolute atomic E-state index is 12.3. The third-order valence-electron chi connectivity index (χ3n) is 3.12. The van der Waals surface area contributed by atoms with Crippen LogP contribution in [-0.4, -0.2) is 41.2 Å². The zero-order chi connectivity index (χ0) is 14.8. The Morgan fingerprint density at radius 2 is 2.20 bits per heavy atom. The van der Waals surface area contributed by atoms with Crippen molar-refractivity contribution in [1.82, 2.24) is 15.2 Å². The van der Waals surface area contributed by atoms with E-state index < -0.39 is 5.60 Å². The summed E-state index contributed by atoms with van der Waals surface area (Å²) in [5.41, 5.74) is 1.38. The maximum Gasteiger partial charge on any atom is 0.410 e. The normalized spacial score (nSPS) is 19.8. The van der Waals surface area contributed by atoms with Crippen molar-refractivity contribution in [2.45, 2.75) is 39.3 Å². The number of nitrogens with one attached hydrogen (secondary N) is 1. The average molecular weight is 277 g/mol. The lowest BCUT2D eigenvalue weighted by molar-refractivity contribution is 0.0113. The van der Waals surface area contributed by atoms with Gasteiger partial charge in [-0.15, -0.1) is 0 Å². The van der Waals surface area contributed by atoms with Crippen molar-refractivity contribution >= 4 is 6.09 Å². The zero-order valence-corrected chi connectivity index (χ0v) is 12.6. The molecule has 20 heavy (non-hydrogen) atoms. The minimum atomic E-state index is -0.480. The molecule has 1 fully saturated rings. The fourth-order valence-corrected chi connectivity index (χ4v) is 2.26. The predicted molar refractivity (Wildman–Crippen MR) is 77.5 cm³/mol. The molecule has 1 aromatic rings. The Bertz CT molecular complexity index is 482. The van der Waals surface area contributed by atoms with E-state index in [0.29, 0.717) is 13.1 Å². The number of pyridine rings is 1. The van der Waals surface area contributed by atoms with Crippen LogP contribution < -0.4 is 5.32 Å². The van der Waals surface area contributed by atoms with Gasteiger partial charge in [-0.1, -0.05) is 6.07 Å². The number of carbonyl (C=O) groups is 1. The average Bonchev–Trinajstić information content (AvgIpc) is 2.37. The molecule has 1 aliphatic heterocycles. The number of piperazine rings is 1. The molecule has 0 spiro atoms. The fraction of sp³-hybridized carbons (Fsp3) is 0.600. The second-order valence-electron chi connectivity index (χ2n) is 6.10. The first kappa shape index (κ1) is 14.8. The summed E-state index contributed by atoms with van der Waals surface area (Å²) in [7, 11) is 0. The van der Waals surface area contributed by atoms with Crippen molar-refractivity contribution in [3.63, 3.8) is 0 Å². The molecule has 5 heteroatoms. The molecule has 1 amide bonds. The molecule has 0 aliphatic carbocycles. The molecule has 0 saturated carbocycles. The summed E-state index contributed by atoms with van der Waals surface area (Å²) in [6.45, 7) is 9.72. The lowest BCUT2D eigenvalue weighted by atomic mass is 10.1. The van der Waals surface area contributed by atoms with E-state index in [2.05, 4.69) is 10.3 Å². The summed E-state index contributed by atoms with van der Waals surface area (Å²) in [6.07, 6.45) is -0.271. The number of ether oxygens (including phenoxy) is 1. The van der Waals surface area contributed by atoms with Crippen molar-refractivity contribution in [3.05, 3.63) is 29.6 Å². The van der Waals surface area contributed by atoms with Gasteiger partial charge in [-0.2, -0.15) is 0 Å². The Hall–Kier alpha value is -1.62. The zero-order valence-electron chi connectivity index (χ0n) is 12.6. The standard InChI is InChI=1S/C15H23N3O2/c1-11-6-5-7-12(17-11)13-10-16-8-9-18(13)14(19)20-15(2,3)4/h5-7,13,16H,8-10H2,1-4H3. The van der Waals surface area contributed by atoms with Crippen molar-refractivity contribution in [2.75, 3.05) is 19.6 Å². The smallest absolute Gasteiger partial charge is 0.410 e. The largest absolute Gasteiger partial charge is 0.444 e. The third kappa shape index (κ3) is 3.70. The topological polar surface area (TPSA) is 54.5 Å². The van der Waals surface area contributed by atoms with Crippen LogP contribution in [-0.2, 0) is 4.74 Å². The maximum atomic E-state index is 12.3. The summed E-state index contributed by atoms with van der Waals surface area (Å²) in [6, 6.07) is 5.82. The van der Waals surface area contributed by atoms with E-state index in [-0.39, 0.29) is 12.1 Å². The van der Waals surface area contributed by atoms with E-state index in [1.807, 2.05) is 45.9 Å². The second-order valence-corrected chi connectivity index (χ2v) is 6.10. The molecule has 0 aromatic carbocycles. The Labute approximate surface area is 120 Å². The minimum absolute atomic E-state index is 0.0708. The van der Waals surface area contributed by atoms with Crippen LogP contribution in [0, 0.1) is 6.92 Å². The molecule has 1 aromatic heterocycles. The van der Waals surface area contributed by atoms with E-state index in [9.17, 15) is 4.79 Å². The lowest BCUT2D eigenvalue weighted by Crippen LogP contribution is -2.50. The summed E-state index contributed by atoms with van der Waals surface area (Å²) >= 11 is 0. The van der Waals surface area contributed by atoms with Crippen molar-refractivity contribution in [1.29, 1.82) is 0 Å². The number of aromatic nitrogens is 1. The number of aryl methyl sites for hydroxylation is 1. The SMILES string of the molecule is Cc1cccc(C2CNCCN2C(=O)OC(C)(C)C)n1. The van der Waals surface area contributed by atoms with Crippen molar-refractivity contribution in [3.8, 4) is 0 Å². The van der Waals surface area contributed by atoms with Crippen LogP contribution >= 0.6 is 0 Å². The van der Waals surface area contributed by atoms with Crippen LogP contribution in [0.1, 0.15) is 38.2 Å². The molecule has 110 valence electrons. The summed E-state index contributed by atoms with van der Waals surface area (Å²) in [5, 5.41) is 3.31. The van der Waals surface area contributed by atoms with Crippen LogP contribution in [0.25, 0.3) is 0 Å². The predicted octanol–water partition coefficient (Wildman–Crippen LogP) is 2.27. The molecular weight excluding hydrogens is 254 g/mol. The molecule has 2 rings (SSSR count). The molecule has 0 bridgehead atoms. The quantitative estimate of drug-likeness (QED) is 0.855. The first-order valence-electron chi connectivity index (χ1n) is 7.01. The summed E-state index contributed by atoms with van der Waals surface area (Å²) in [4.78, 5) is 18.6. The molecule has 1 unspecified atom stereocenters.